The topological polar surface area (TPSA) is 35.2 Å². The second-order valence-corrected chi connectivity index (χ2v) is 4.50. The Labute approximate surface area is 93.6 Å². The van der Waals surface area contributed by atoms with Crippen LogP contribution >= 0.6 is 15.9 Å². The zero-order valence-corrected chi connectivity index (χ0v) is 10.3. The fourth-order valence-corrected chi connectivity index (χ4v) is 1.64. The average Bonchev–Trinajstić information content (AvgIpc) is 2.07. The van der Waals surface area contributed by atoms with Gasteiger partial charge in [-0.05, 0) is 54.4 Å². The molecule has 2 N–H and O–H groups in total. The molecule has 1 unspecified atom stereocenters. The van der Waals surface area contributed by atoms with E-state index < -0.39 is 0 Å². The van der Waals surface area contributed by atoms with Crippen LogP contribution in [-0.2, 0) is 0 Å². The van der Waals surface area contributed by atoms with E-state index in [1.54, 1.807) is 0 Å². The molecule has 0 saturated heterocycles. The zero-order chi connectivity index (χ0) is 10.7. The van der Waals surface area contributed by atoms with Gasteiger partial charge < -0.3 is 10.5 Å². The molecule has 0 fully saturated rings. The number of hydrogen-bond acceptors (Lipinski definition) is 2. The predicted octanol–water partition coefficient (Wildman–Crippen LogP) is 3.26. The van der Waals surface area contributed by atoms with Gasteiger partial charge in [0, 0.05) is 6.04 Å². The van der Waals surface area contributed by atoms with Crippen molar-refractivity contribution < 1.29 is 4.74 Å². The van der Waals surface area contributed by atoms with Crippen LogP contribution in [0.25, 0.3) is 0 Å². The molecule has 0 aliphatic heterocycles. The first-order valence-corrected chi connectivity index (χ1v) is 5.51. The molecule has 1 rings (SSSR count). The van der Waals surface area contributed by atoms with Crippen molar-refractivity contribution in [1.82, 2.24) is 0 Å². The predicted molar refractivity (Wildman–Crippen MR) is 62.5 cm³/mol. The third-order valence-corrected chi connectivity index (χ3v) is 2.46. The number of benzene rings is 1. The normalized spacial score (nSPS) is 13.0. The smallest absolute Gasteiger partial charge is 0.133 e. The van der Waals surface area contributed by atoms with E-state index in [0.29, 0.717) is 0 Å². The Hall–Kier alpha value is -0.540. The SMILES string of the molecule is CC(C)Oc1ccc(C(C)N)cc1Br. The maximum atomic E-state index is 5.77. The molecule has 0 aromatic heterocycles. The van der Waals surface area contributed by atoms with Crippen LogP contribution in [0.4, 0.5) is 0 Å². The first-order chi connectivity index (χ1) is 6.50. The molecule has 0 aliphatic carbocycles. The lowest BCUT2D eigenvalue weighted by Crippen LogP contribution is -2.08. The molecule has 1 aromatic rings. The highest BCUT2D eigenvalue weighted by Crippen LogP contribution is 2.28. The largest absolute Gasteiger partial charge is 0.490 e. The molecule has 0 radical (unpaired) electrons. The summed E-state index contributed by atoms with van der Waals surface area (Å²) in [7, 11) is 0. The number of rotatable bonds is 3. The first-order valence-electron chi connectivity index (χ1n) is 4.72. The molecule has 3 heteroatoms. The molecule has 0 saturated carbocycles. The van der Waals surface area contributed by atoms with Crippen molar-refractivity contribution in [2.45, 2.75) is 32.9 Å². The summed E-state index contributed by atoms with van der Waals surface area (Å²) in [6, 6.07) is 6.00. The lowest BCUT2D eigenvalue weighted by molar-refractivity contribution is 0.241. The van der Waals surface area contributed by atoms with Gasteiger partial charge in [-0.15, -0.1) is 0 Å². The molecule has 14 heavy (non-hydrogen) atoms. The summed E-state index contributed by atoms with van der Waals surface area (Å²) in [5, 5.41) is 0. The second-order valence-electron chi connectivity index (χ2n) is 3.65. The summed E-state index contributed by atoms with van der Waals surface area (Å²) in [5.74, 6) is 0.865. The molecule has 1 aromatic carbocycles. The fraction of sp³-hybridized carbons (Fsp3) is 0.455. The summed E-state index contributed by atoms with van der Waals surface area (Å²) in [5.41, 5.74) is 6.88. The van der Waals surface area contributed by atoms with Gasteiger partial charge in [0.25, 0.3) is 0 Å². The molecule has 78 valence electrons. The minimum atomic E-state index is 0.0550. The Morgan fingerprint density at radius 2 is 1.93 bits per heavy atom. The maximum absolute atomic E-state index is 5.77. The van der Waals surface area contributed by atoms with Crippen LogP contribution in [-0.4, -0.2) is 6.10 Å². The molecule has 0 heterocycles. The van der Waals surface area contributed by atoms with Crippen molar-refractivity contribution in [3.63, 3.8) is 0 Å². The van der Waals surface area contributed by atoms with E-state index in [4.69, 9.17) is 10.5 Å². The Balaban J connectivity index is 2.90. The Kier molecular flexibility index (Phi) is 3.96. The van der Waals surface area contributed by atoms with Crippen LogP contribution in [0.1, 0.15) is 32.4 Å². The van der Waals surface area contributed by atoms with Gasteiger partial charge >= 0.3 is 0 Å². The number of hydrogen-bond donors (Lipinski definition) is 1. The summed E-state index contributed by atoms with van der Waals surface area (Å²) >= 11 is 3.46. The van der Waals surface area contributed by atoms with Gasteiger partial charge in [0.1, 0.15) is 5.75 Å². The number of ether oxygens (including phenoxy) is 1. The van der Waals surface area contributed by atoms with E-state index >= 15 is 0 Å². The Bertz CT molecular complexity index is 310. The van der Waals surface area contributed by atoms with Crippen LogP contribution in [0.2, 0.25) is 0 Å². The van der Waals surface area contributed by atoms with Crippen molar-refractivity contribution in [3.8, 4) is 5.75 Å². The monoisotopic (exact) mass is 257 g/mol. The van der Waals surface area contributed by atoms with Gasteiger partial charge in [-0.1, -0.05) is 6.07 Å². The summed E-state index contributed by atoms with van der Waals surface area (Å²) in [6.45, 7) is 5.97. The lowest BCUT2D eigenvalue weighted by atomic mass is 10.1. The Morgan fingerprint density at radius 3 is 2.36 bits per heavy atom. The maximum Gasteiger partial charge on any atom is 0.133 e. The number of nitrogens with two attached hydrogens (primary N) is 1. The van der Waals surface area contributed by atoms with Gasteiger partial charge in [0.05, 0.1) is 10.6 Å². The summed E-state index contributed by atoms with van der Waals surface area (Å²) in [6.07, 6.45) is 0.187. The van der Waals surface area contributed by atoms with Crippen molar-refractivity contribution in [1.29, 1.82) is 0 Å². The zero-order valence-electron chi connectivity index (χ0n) is 8.75. The van der Waals surface area contributed by atoms with Crippen LogP contribution in [0.5, 0.6) is 5.75 Å². The van der Waals surface area contributed by atoms with Crippen molar-refractivity contribution >= 4 is 15.9 Å². The van der Waals surface area contributed by atoms with Crippen LogP contribution < -0.4 is 10.5 Å². The molecule has 0 aliphatic rings. The van der Waals surface area contributed by atoms with Crippen molar-refractivity contribution in [2.24, 2.45) is 5.73 Å². The molecule has 0 bridgehead atoms. The second kappa shape index (κ2) is 4.80. The highest BCUT2D eigenvalue weighted by molar-refractivity contribution is 9.10. The van der Waals surface area contributed by atoms with E-state index in [9.17, 15) is 0 Å². The fourth-order valence-electron chi connectivity index (χ4n) is 1.15. The third kappa shape index (κ3) is 3.00. The summed E-state index contributed by atoms with van der Waals surface area (Å²) in [4.78, 5) is 0. The van der Waals surface area contributed by atoms with Crippen LogP contribution in [0.3, 0.4) is 0 Å². The van der Waals surface area contributed by atoms with Gasteiger partial charge in [-0.3, -0.25) is 0 Å². The van der Waals surface area contributed by atoms with Gasteiger partial charge in [-0.25, -0.2) is 0 Å². The average molecular weight is 258 g/mol. The van der Waals surface area contributed by atoms with Crippen LogP contribution in [0, 0.1) is 0 Å². The molecule has 1 atom stereocenters. The van der Waals surface area contributed by atoms with Gasteiger partial charge in [0.15, 0.2) is 0 Å². The van der Waals surface area contributed by atoms with Gasteiger partial charge in [-0.2, -0.15) is 0 Å². The minimum Gasteiger partial charge on any atom is -0.490 e. The van der Waals surface area contributed by atoms with Crippen molar-refractivity contribution in [3.05, 3.63) is 28.2 Å². The quantitative estimate of drug-likeness (QED) is 0.903. The molecule has 0 spiro atoms. The van der Waals surface area contributed by atoms with E-state index in [-0.39, 0.29) is 12.1 Å². The first kappa shape index (κ1) is 11.5. The number of halogens is 1. The van der Waals surface area contributed by atoms with E-state index in [1.807, 2.05) is 39.0 Å². The third-order valence-electron chi connectivity index (χ3n) is 1.84. The standard InChI is InChI=1S/C11H16BrNO/c1-7(2)14-11-5-4-9(8(3)13)6-10(11)12/h4-8H,13H2,1-3H3. The molecular formula is C11H16BrNO. The van der Waals surface area contributed by atoms with E-state index in [1.165, 1.54) is 0 Å². The van der Waals surface area contributed by atoms with E-state index in [0.717, 1.165) is 15.8 Å². The lowest BCUT2D eigenvalue weighted by Gasteiger charge is -2.13. The van der Waals surface area contributed by atoms with Crippen LogP contribution in [0.15, 0.2) is 22.7 Å². The van der Waals surface area contributed by atoms with Crippen molar-refractivity contribution in [2.75, 3.05) is 0 Å². The summed E-state index contributed by atoms with van der Waals surface area (Å²) < 4.78 is 6.55. The Morgan fingerprint density at radius 1 is 1.29 bits per heavy atom. The molecular weight excluding hydrogens is 242 g/mol. The van der Waals surface area contributed by atoms with E-state index in [2.05, 4.69) is 15.9 Å². The highest BCUT2D eigenvalue weighted by Gasteiger charge is 2.06. The minimum absolute atomic E-state index is 0.0550. The highest BCUT2D eigenvalue weighted by atomic mass is 79.9. The molecule has 0 amide bonds. The molecule has 2 nitrogen and oxygen atoms in total. The van der Waals surface area contributed by atoms with Gasteiger partial charge in [0.2, 0.25) is 0 Å².